The van der Waals surface area contributed by atoms with E-state index in [0.29, 0.717) is 0 Å². The van der Waals surface area contributed by atoms with E-state index in [2.05, 4.69) is 25.0 Å². The molecule has 4 N–H and O–H groups in total. The number of ether oxygens (including phenoxy) is 3. The first-order chi connectivity index (χ1) is 12.0. The number of hydrogen-bond acceptors (Lipinski definition) is 8. The summed E-state index contributed by atoms with van der Waals surface area (Å²) in [4.78, 5) is 23.5. The van der Waals surface area contributed by atoms with Crippen LogP contribution >= 0.6 is 0 Å². The highest BCUT2D eigenvalue weighted by atomic mass is 28.3. The Morgan fingerprint density at radius 2 is 1.88 bits per heavy atom. The minimum atomic E-state index is -1.50. The first-order valence-corrected chi connectivity index (χ1v) is 12.4. The molecule has 6 atom stereocenters. The van der Waals surface area contributed by atoms with Gasteiger partial charge in [0.15, 0.2) is 12.4 Å². The lowest BCUT2D eigenvalue weighted by Crippen LogP contribution is -2.65. The third-order valence-corrected chi connectivity index (χ3v) is 5.74. The summed E-state index contributed by atoms with van der Waals surface area (Å²) in [6.45, 7) is 8.91. The van der Waals surface area contributed by atoms with Gasteiger partial charge < -0.3 is 34.8 Å². The quantitative estimate of drug-likeness (QED) is 0.311. The van der Waals surface area contributed by atoms with Crippen molar-refractivity contribution in [3.8, 4) is 0 Å². The van der Waals surface area contributed by atoms with E-state index in [1.54, 1.807) is 0 Å². The number of amides is 1. The fourth-order valence-electron chi connectivity index (χ4n) is 2.50. The zero-order valence-electron chi connectivity index (χ0n) is 16.0. The van der Waals surface area contributed by atoms with Crippen LogP contribution in [-0.4, -0.2) is 85.2 Å². The lowest BCUT2D eigenvalue weighted by molar-refractivity contribution is -0.267. The molecule has 0 radical (unpaired) electrons. The molecule has 1 amide bonds. The Labute approximate surface area is 154 Å². The molecule has 0 aliphatic carbocycles. The van der Waals surface area contributed by atoms with Crippen LogP contribution in [-0.2, 0) is 23.8 Å². The van der Waals surface area contributed by atoms with Crippen molar-refractivity contribution >= 4 is 20.0 Å². The summed E-state index contributed by atoms with van der Waals surface area (Å²) in [7, 11) is -1.35. The molecule has 0 bridgehead atoms. The highest BCUT2D eigenvalue weighted by Gasteiger charge is 2.47. The van der Waals surface area contributed by atoms with Gasteiger partial charge in [-0.1, -0.05) is 19.6 Å². The van der Waals surface area contributed by atoms with E-state index in [1.165, 1.54) is 13.8 Å². The Balaban J connectivity index is 2.75. The Morgan fingerprint density at radius 1 is 1.27 bits per heavy atom. The lowest BCUT2D eigenvalue weighted by Gasteiger charge is -2.43. The van der Waals surface area contributed by atoms with Crippen molar-refractivity contribution < 1.29 is 39.1 Å². The molecule has 0 aromatic rings. The summed E-state index contributed by atoms with van der Waals surface area (Å²) in [5, 5.41) is 32.1. The van der Waals surface area contributed by atoms with Gasteiger partial charge in [0.05, 0.1) is 13.2 Å². The predicted molar refractivity (Wildman–Crippen MR) is 95.0 cm³/mol. The Kier molecular flexibility index (Phi) is 8.64. The van der Waals surface area contributed by atoms with Gasteiger partial charge in [-0.05, 0) is 13.0 Å². The molecule has 9 nitrogen and oxygen atoms in total. The Morgan fingerprint density at radius 3 is 2.38 bits per heavy atom. The van der Waals surface area contributed by atoms with Gasteiger partial charge in [-0.25, -0.2) is 4.79 Å². The fraction of sp³-hybridized carbons (Fsp3) is 0.875. The molecule has 1 aliphatic rings. The Bertz CT molecular complexity index is 483. The van der Waals surface area contributed by atoms with E-state index < -0.39 is 63.3 Å². The maximum atomic E-state index is 12.1. The summed E-state index contributed by atoms with van der Waals surface area (Å²) < 4.78 is 15.9. The first-order valence-electron chi connectivity index (χ1n) is 8.68. The molecule has 0 aromatic carbocycles. The van der Waals surface area contributed by atoms with Crippen LogP contribution in [0.3, 0.4) is 0 Å². The number of aliphatic hydroxyl groups excluding tert-OH is 3. The van der Waals surface area contributed by atoms with E-state index in [1.807, 2.05) is 0 Å². The van der Waals surface area contributed by atoms with Crippen LogP contribution < -0.4 is 5.32 Å². The standard InChI is InChI=1S/C16H31NO8Si/c1-9(15(21)23-6-7-26(3,4)5)24-14-12(17-10(2)19)16(22)25-11(8-18)13(14)20/h9,11-14,16,18,20,22H,6-8H2,1-5H3,(H,17,19)/t9-,11-,12-,13-,14-,16?/m1/s1. The van der Waals surface area contributed by atoms with Crippen molar-refractivity contribution in [2.24, 2.45) is 0 Å². The van der Waals surface area contributed by atoms with Gasteiger partial charge in [0.25, 0.3) is 0 Å². The monoisotopic (exact) mass is 393 g/mol. The average molecular weight is 394 g/mol. The fourth-order valence-corrected chi connectivity index (χ4v) is 3.22. The molecule has 1 saturated heterocycles. The summed E-state index contributed by atoms with van der Waals surface area (Å²) >= 11 is 0. The summed E-state index contributed by atoms with van der Waals surface area (Å²) in [5.41, 5.74) is 0. The molecule has 0 aromatic heterocycles. The van der Waals surface area contributed by atoms with Crippen molar-refractivity contribution in [2.45, 2.75) is 76.3 Å². The van der Waals surface area contributed by atoms with Gasteiger partial charge in [0.1, 0.15) is 24.4 Å². The largest absolute Gasteiger partial charge is 0.464 e. The van der Waals surface area contributed by atoms with Gasteiger partial charge in [-0.2, -0.15) is 0 Å². The summed E-state index contributed by atoms with van der Waals surface area (Å²) in [5.74, 6) is -1.06. The number of nitrogens with one attached hydrogen (secondary N) is 1. The normalized spacial score (nSPS) is 30.5. The van der Waals surface area contributed by atoms with E-state index in [4.69, 9.17) is 14.2 Å². The molecule has 1 unspecified atom stereocenters. The molecule has 1 aliphatic heterocycles. The van der Waals surface area contributed by atoms with Crippen LogP contribution in [0.5, 0.6) is 0 Å². The smallest absolute Gasteiger partial charge is 0.334 e. The van der Waals surface area contributed by atoms with E-state index in [-0.39, 0.29) is 6.61 Å². The summed E-state index contributed by atoms with van der Waals surface area (Å²) in [6, 6.07) is -0.284. The minimum absolute atomic E-state index is 0.287. The van der Waals surface area contributed by atoms with E-state index >= 15 is 0 Å². The number of rotatable bonds is 8. The lowest BCUT2D eigenvalue weighted by atomic mass is 9.96. The highest BCUT2D eigenvalue weighted by Crippen LogP contribution is 2.24. The van der Waals surface area contributed by atoms with Gasteiger partial charge >= 0.3 is 5.97 Å². The number of hydrogen-bond donors (Lipinski definition) is 4. The maximum Gasteiger partial charge on any atom is 0.334 e. The minimum Gasteiger partial charge on any atom is -0.464 e. The van der Waals surface area contributed by atoms with Gasteiger partial charge in [0.2, 0.25) is 5.91 Å². The molecule has 0 spiro atoms. The number of esters is 1. The Hall–Kier alpha value is -1.04. The molecule has 1 heterocycles. The highest BCUT2D eigenvalue weighted by molar-refractivity contribution is 6.76. The zero-order valence-corrected chi connectivity index (χ0v) is 17.0. The second kappa shape index (κ2) is 9.77. The second-order valence-electron chi connectivity index (χ2n) is 7.69. The van der Waals surface area contributed by atoms with Crippen LogP contribution in [0.1, 0.15) is 13.8 Å². The third kappa shape index (κ3) is 6.93. The zero-order chi connectivity index (χ0) is 20.1. The van der Waals surface area contributed by atoms with Crippen LogP contribution in [0, 0.1) is 0 Å². The third-order valence-electron chi connectivity index (χ3n) is 4.03. The van der Waals surface area contributed by atoms with Crippen molar-refractivity contribution in [2.75, 3.05) is 13.2 Å². The molecule has 1 fully saturated rings. The molecule has 1 rings (SSSR count). The van der Waals surface area contributed by atoms with Crippen LogP contribution in [0.4, 0.5) is 0 Å². The first kappa shape index (κ1) is 23.0. The second-order valence-corrected chi connectivity index (χ2v) is 13.3. The van der Waals surface area contributed by atoms with Crippen LogP contribution in [0.15, 0.2) is 0 Å². The number of carbonyl (C=O) groups excluding carboxylic acids is 2. The number of carbonyl (C=O) groups is 2. The molecular weight excluding hydrogens is 362 g/mol. The molecule has 10 heteroatoms. The SMILES string of the molecule is CC(=O)N[C@H]1C(O)O[C@H](CO)[C@@H](O)[C@@H]1O[C@H](C)C(=O)OCC[Si](C)(C)C. The van der Waals surface area contributed by atoms with Crippen molar-refractivity contribution in [3.63, 3.8) is 0 Å². The molecular formula is C16H31NO8Si. The van der Waals surface area contributed by atoms with Gasteiger partial charge in [-0.3, -0.25) is 4.79 Å². The van der Waals surface area contributed by atoms with Crippen LogP contribution in [0.25, 0.3) is 0 Å². The maximum absolute atomic E-state index is 12.1. The molecule has 152 valence electrons. The van der Waals surface area contributed by atoms with Gasteiger partial charge in [0, 0.05) is 15.0 Å². The molecule has 26 heavy (non-hydrogen) atoms. The van der Waals surface area contributed by atoms with Crippen molar-refractivity contribution in [1.29, 1.82) is 0 Å². The summed E-state index contributed by atoms with van der Waals surface area (Å²) in [6.07, 6.45) is -6.14. The predicted octanol–water partition coefficient (Wildman–Crippen LogP) is -0.783. The molecule has 0 saturated carbocycles. The van der Waals surface area contributed by atoms with E-state index in [9.17, 15) is 24.9 Å². The number of aliphatic hydroxyl groups is 3. The van der Waals surface area contributed by atoms with Gasteiger partial charge in [-0.15, -0.1) is 0 Å². The topological polar surface area (TPSA) is 135 Å². The average Bonchev–Trinajstić information content (AvgIpc) is 2.51. The van der Waals surface area contributed by atoms with E-state index in [0.717, 1.165) is 6.04 Å². The van der Waals surface area contributed by atoms with Crippen molar-refractivity contribution in [1.82, 2.24) is 5.32 Å². The van der Waals surface area contributed by atoms with Crippen molar-refractivity contribution in [3.05, 3.63) is 0 Å². The van der Waals surface area contributed by atoms with Crippen LogP contribution in [0.2, 0.25) is 25.7 Å².